The van der Waals surface area contributed by atoms with Gasteiger partial charge in [0.1, 0.15) is 18.4 Å². The minimum absolute atomic E-state index is 0.0586. The monoisotopic (exact) mass is 446 g/mol. The van der Waals surface area contributed by atoms with Crippen molar-refractivity contribution in [3.63, 3.8) is 0 Å². The predicted molar refractivity (Wildman–Crippen MR) is 126 cm³/mol. The van der Waals surface area contributed by atoms with Crippen LogP contribution in [0.15, 0.2) is 48.5 Å². The van der Waals surface area contributed by atoms with Crippen molar-refractivity contribution in [3.05, 3.63) is 59.7 Å². The van der Waals surface area contributed by atoms with Gasteiger partial charge < -0.3 is 10.1 Å². The third-order valence-electron chi connectivity index (χ3n) is 4.94. The second kappa shape index (κ2) is 10.2. The van der Waals surface area contributed by atoms with Gasteiger partial charge in [0, 0.05) is 0 Å². The number of aryl methyl sites for hydroxylation is 1. The smallest absolute Gasteiger partial charge is 0.244 e. The molecule has 0 saturated carbocycles. The molecular weight excluding hydrogens is 412 g/mol. The maximum atomic E-state index is 12.9. The minimum Gasteiger partial charge on any atom is -0.491 e. The fourth-order valence-corrected chi connectivity index (χ4v) is 4.69. The Hall–Kier alpha value is -2.54. The van der Waals surface area contributed by atoms with Gasteiger partial charge in [0.25, 0.3) is 0 Å². The normalized spacial score (nSPS) is 12.8. The zero-order valence-corrected chi connectivity index (χ0v) is 20.1. The Labute approximate surface area is 186 Å². The van der Waals surface area contributed by atoms with Gasteiger partial charge in [-0.2, -0.15) is 0 Å². The Morgan fingerprint density at radius 2 is 1.81 bits per heavy atom. The lowest BCUT2D eigenvalue weighted by Crippen LogP contribution is -2.50. The van der Waals surface area contributed by atoms with Gasteiger partial charge in [0.05, 0.1) is 18.5 Å². The molecule has 0 aliphatic rings. The molecule has 0 radical (unpaired) electrons. The quantitative estimate of drug-likeness (QED) is 0.590. The number of hydrogen-bond acceptors (Lipinski definition) is 4. The molecule has 0 aliphatic carbocycles. The highest BCUT2D eigenvalue weighted by atomic mass is 32.2. The number of carbonyl (C=O) groups is 1. The van der Waals surface area contributed by atoms with E-state index in [4.69, 9.17) is 4.74 Å². The van der Waals surface area contributed by atoms with Gasteiger partial charge in [0.2, 0.25) is 15.9 Å². The van der Waals surface area contributed by atoms with Crippen molar-refractivity contribution < 1.29 is 17.9 Å². The van der Waals surface area contributed by atoms with Crippen molar-refractivity contribution in [1.29, 1.82) is 0 Å². The highest BCUT2D eigenvalue weighted by Crippen LogP contribution is 2.30. The van der Waals surface area contributed by atoms with Crippen molar-refractivity contribution in [2.45, 2.75) is 52.5 Å². The number of amides is 1. The highest BCUT2D eigenvalue weighted by molar-refractivity contribution is 7.92. The minimum atomic E-state index is -3.65. The number of anilines is 1. The summed E-state index contributed by atoms with van der Waals surface area (Å²) in [5, 5.41) is 2.83. The van der Waals surface area contributed by atoms with Gasteiger partial charge in [-0.25, -0.2) is 8.42 Å². The van der Waals surface area contributed by atoms with Crippen molar-refractivity contribution >= 4 is 21.6 Å². The Bertz CT molecular complexity index is 997. The van der Waals surface area contributed by atoms with E-state index in [1.54, 1.807) is 25.1 Å². The van der Waals surface area contributed by atoms with Crippen molar-refractivity contribution in [1.82, 2.24) is 5.32 Å². The number of ether oxygens (including phenoxy) is 1. The SMILES string of the molecule is CCC(C(=O)NCCOc1ccccc1C(C)(C)C)N(c1cccc(C)c1)S(C)(=O)=O. The molecule has 1 N–H and O–H groups in total. The van der Waals surface area contributed by atoms with Crippen LogP contribution in [0.4, 0.5) is 5.69 Å². The van der Waals surface area contributed by atoms with Crippen LogP contribution >= 0.6 is 0 Å². The summed E-state index contributed by atoms with van der Waals surface area (Å²) in [4.78, 5) is 12.9. The van der Waals surface area contributed by atoms with Gasteiger partial charge in [-0.3, -0.25) is 9.10 Å². The summed E-state index contributed by atoms with van der Waals surface area (Å²) in [6, 6.07) is 14.2. The molecule has 1 atom stereocenters. The largest absolute Gasteiger partial charge is 0.491 e. The molecule has 170 valence electrons. The lowest BCUT2D eigenvalue weighted by molar-refractivity contribution is -0.122. The van der Waals surface area contributed by atoms with E-state index in [-0.39, 0.29) is 17.9 Å². The van der Waals surface area contributed by atoms with Gasteiger partial charge in [-0.15, -0.1) is 0 Å². The first kappa shape index (κ1) is 24.7. The van der Waals surface area contributed by atoms with E-state index in [2.05, 4.69) is 26.1 Å². The van der Waals surface area contributed by atoms with Crippen molar-refractivity contribution in [3.8, 4) is 5.75 Å². The molecule has 7 heteroatoms. The van der Waals surface area contributed by atoms with Crippen molar-refractivity contribution in [2.75, 3.05) is 23.7 Å². The summed E-state index contributed by atoms with van der Waals surface area (Å²) in [5.74, 6) is 0.441. The number of sulfonamides is 1. The van der Waals surface area contributed by atoms with Crippen LogP contribution in [0.25, 0.3) is 0 Å². The summed E-state index contributed by atoms with van der Waals surface area (Å²) >= 11 is 0. The Morgan fingerprint density at radius 3 is 2.39 bits per heavy atom. The van der Waals surface area contributed by atoms with Gasteiger partial charge in [-0.05, 0) is 48.1 Å². The van der Waals surface area contributed by atoms with Crippen molar-refractivity contribution in [2.24, 2.45) is 0 Å². The molecule has 2 aromatic carbocycles. The predicted octanol–water partition coefficient (Wildman–Crippen LogP) is 4.03. The Kier molecular flexibility index (Phi) is 8.12. The van der Waals surface area contributed by atoms with Crippen LogP contribution < -0.4 is 14.4 Å². The molecule has 6 nitrogen and oxygen atoms in total. The maximum Gasteiger partial charge on any atom is 0.244 e. The van der Waals surface area contributed by atoms with Crippen LogP contribution in [0.3, 0.4) is 0 Å². The molecule has 0 spiro atoms. The molecule has 1 amide bonds. The summed E-state index contributed by atoms with van der Waals surface area (Å²) < 4.78 is 32.1. The molecule has 0 aliphatic heterocycles. The molecule has 0 aromatic heterocycles. The average Bonchev–Trinajstić information content (AvgIpc) is 2.67. The van der Waals surface area contributed by atoms with Gasteiger partial charge in [-0.1, -0.05) is 58.0 Å². The number of nitrogens with zero attached hydrogens (tertiary/aromatic N) is 1. The molecule has 2 aromatic rings. The molecule has 0 saturated heterocycles. The standard InChI is InChI=1S/C24H34N2O4S/c1-7-21(26(31(6,28)29)19-12-10-11-18(2)17-19)23(27)25-15-16-30-22-14-9-8-13-20(22)24(3,4)5/h8-14,17,21H,7,15-16H2,1-6H3,(H,25,27). The van der Waals surface area contributed by atoms with E-state index in [1.807, 2.05) is 37.3 Å². The Balaban J connectivity index is 2.08. The van der Waals surface area contributed by atoms with E-state index in [0.29, 0.717) is 18.7 Å². The molecule has 0 heterocycles. The lowest BCUT2D eigenvalue weighted by Gasteiger charge is -2.30. The zero-order chi connectivity index (χ0) is 23.2. The van der Waals surface area contributed by atoms with E-state index >= 15 is 0 Å². The van der Waals surface area contributed by atoms with E-state index in [9.17, 15) is 13.2 Å². The summed E-state index contributed by atoms with van der Waals surface area (Å²) in [6.45, 7) is 10.6. The Morgan fingerprint density at radius 1 is 1.13 bits per heavy atom. The topological polar surface area (TPSA) is 75.7 Å². The van der Waals surface area contributed by atoms with Crippen LogP contribution in [0.5, 0.6) is 5.75 Å². The number of benzene rings is 2. The lowest BCUT2D eigenvalue weighted by atomic mass is 9.86. The number of carbonyl (C=O) groups excluding carboxylic acids is 1. The first-order valence-electron chi connectivity index (χ1n) is 10.5. The molecule has 31 heavy (non-hydrogen) atoms. The number of nitrogens with one attached hydrogen (secondary N) is 1. The van der Waals surface area contributed by atoms with Gasteiger partial charge in [0.15, 0.2) is 0 Å². The van der Waals surface area contributed by atoms with E-state index < -0.39 is 16.1 Å². The first-order valence-corrected chi connectivity index (χ1v) is 12.4. The average molecular weight is 447 g/mol. The summed E-state index contributed by atoms with van der Waals surface area (Å²) in [5.41, 5.74) is 2.44. The molecule has 0 bridgehead atoms. The van der Waals surface area contributed by atoms with E-state index in [0.717, 1.165) is 23.1 Å². The second-order valence-electron chi connectivity index (χ2n) is 8.71. The maximum absolute atomic E-state index is 12.9. The fourth-order valence-electron chi connectivity index (χ4n) is 3.49. The molecule has 0 fully saturated rings. The molecular formula is C24H34N2O4S. The highest BCUT2D eigenvalue weighted by Gasteiger charge is 2.31. The number of rotatable bonds is 9. The van der Waals surface area contributed by atoms with Crippen LogP contribution in [-0.2, 0) is 20.2 Å². The van der Waals surface area contributed by atoms with Crippen LogP contribution in [-0.4, -0.2) is 39.8 Å². The summed E-state index contributed by atoms with van der Waals surface area (Å²) in [7, 11) is -3.65. The third-order valence-corrected chi connectivity index (χ3v) is 6.12. The van der Waals surface area contributed by atoms with Crippen LogP contribution in [0, 0.1) is 6.92 Å². The summed E-state index contributed by atoms with van der Waals surface area (Å²) in [6.07, 6.45) is 1.47. The van der Waals surface area contributed by atoms with Gasteiger partial charge >= 0.3 is 0 Å². The fraction of sp³-hybridized carbons (Fsp3) is 0.458. The second-order valence-corrected chi connectivity index (χ2v) is 10.6. The molecule has 2 rings (SSSR count). The zero-order valence-electron chi connectivity index (χ0n) is 19.3. The van der Waals surface area contributed by atoms with E-state index in [1.165, 1.54) is 4.31 Å². The molecule has 1 unspecified atom stereocenters. The first-order chi connectivity index (χ1) is 14.4. The number of hydrogen-bond donors (Lipinski definition) is 1. The third kappa shape index (κ3) is 6.72. The van der Waals surface area contributed by atoms with Crippen LogP contribution in [0.1, 0.15) is 45.2 Å². The number of para-hydroxylation sites is 1. The van der Waals surface area contributed by atoms with Crippen LogP contribution in [0.2, 0.25) is 0 Å².